The van der Waals surface area contributed by atoms with Crippen molar-refractivity contribution in [3.05, 3.63) is 16.1 Å². The summed E-state index contributed by atoms with van der Waals surface area (Å²) >= 11 is 1.83. The van der Waals surface area contributed by atoms with Gasteiger partial charge in [0.05, 0.1) is 10.7 Å². The SMILES string of the molecule is CCc1nc(CN2CCCC3CCCCC32)cs1. The second-order valence-corrected chi connectivity index (χ2v) is 6.75. The zero-order valence-corrected chi connectivity index (χ0v) is 12.2. The van der Waals surface area contributed by atoms with Crippen molar-refractivity contribution in [2.45, 2.75) is 64.5 Å². The summed E-state index contributed by atoms with van der Waals surface area (Å²) in [4.78, 5) is 7.46. The molecule has 1 aromatic rings. The average Bonchev–Trinajstić information content (AvgIpc) is 2.87. The first-order valence-electron chi connectivity index (χ1n) is 7.54. The minimum absolute atomic E-state index is 0.860. The number of aromatic nitrogens is 1. The summed E-state index contributed by atoms with van der Waals surface area (Å²) < 4.78 is 0. The zero-order valence-electron chi connectivity index (χ0n) is 11.4. The van der Waals surface area contributed by atoms with Gasteiger partial charge in [-0.2, -0.15) is 0 Å². The third kappa shape index (κ3) is 2.62. The summed E-state index contributed by atoms with van der Waals surface area (Å²) in [5.41, 5.74) is 1.31. The molecule has 1 aliphatic carbocycles. The van der Waals surface area contributed by atoms with Crippen molar-refractivity contribution >= 4 is 11.3 Å². The van der Waals surface area contributed by atoms with Gasteiger partial charge < -0.3 is 0 Å². The van der Waals surface area contributed by atoms with Gasteiger partial charge in [0.2, 0.25) is 0 Å². The van der Waals surface area contributed by atoms with Crippen LogP contribution in [-0.2, 0) is 13.0 Å². The summed E-state index contributed by atoms with van der Waals surface area (Å²) in [6.07, 6.45) is 9.75. The van der Waals surface area contributed by atoms with E-state index in [9.17, 15) is 0 Å². The van der Waals surface area contributed by atoms with Crippen molar-refractivity contribution < 1.29 is 0 Å². The van der Waals surface area contributed by atoms with Gasteiger partial charge in [-0.05, 0) is 44.6 Å². The van der Waals surface area contributed by atoms with Crippen LogP contribution < -0.4 is 0 Å². The Morgan fingerprint density at radius 3 is 2.94 bits per heavy atom. The number of nitrogens with zero attached hydrogens (tertiary/aromatic N) is 2. The van der Waals surface area contributed by atoms with Crippen molar-refractivity contribution in [2.24, 2.45) is 5.92 Å². The van der Waals surface area contributed by atoms with Gasteiger partial charge in [0, 0.05) is 18.0 Å². The molecule has 3 heteroatoms. The van der Waals surface area contributed by atoms with E-state index < -0.39 is 0 Å². The minimum Gasteiger partial charge on any atom is -0.294 e. The van der Waals surface area contributed by atoms with Crippen molar-refractivity contribution in [1.29, 1.82) is 0 Å². The maximum Gasteiger partial charge on any atom is 0.0926 e. The molecule has 0 bridgehead atoms. The highest BCUT2D eigenvalue weighted by molar-refractivity contribution is 7.09. The first-order valence-corrected chi connectivity index (χ1v) is 8.42. The molecule has 1 aliphatic heterocycles. The first-order chi connectivity index (χ1) is 8.86. The fourth-order valence-corrected chi connectivity index (χ4v) is 4.45. The van der Waals surface area contributed by atoms with Crippen LogP contribution in [0.15, 0.2) is 5.38 Å². The van der Waals surface area contributed by atoms with Crippen LogP contribution in [0.3, 0.4) is 0 Å². The van der Waals surface area contributed by atoms with Gasteiger partial charge in [0.25, 0.3) is 0 Å². The first kappa shape index (κ1) is 12.6. The number of hydrogen-bond donors (Lipinski definition) is 0. The van der Waals surface area contributed by atoms with Crippen LogP contribution in [0, 0.1) is 5.92 Å². The summed E-state index contributed by atoms with van der Waals surface area (Å²) in [5, 5.41) is 3.56. The molecule has 0 spiro atoms. The lowest BCUT2D eigenvalue weighted by Crippen LogP contribution is -2.46. The van der Waals surface area contributed by atoms with Crippen molar-refractivity contribution in [1.82, 2.24) is 9.88 Å². The molecule has 2 nitrogen and oxygen atoms in total. The number of aryl methyl sites for hydroxylation is 1. The highest BCUT2D eigenvalue weighted by atomic mass is 32.1. The third-order valence-electron chi connectivity index (χ3n) is 4.63. The van der Waals surface area contributed by atoms with Gasteiger partial charge >= 0.3 is 0 Å². The van der Waals surface area contributed by atoms with Crippen LogP contribution in [0.2, 0.25) is 0 Å². The predicted octanol–water partition coefficient (Wildman–Crippen LogP) is 3.86. The molecule has 3 rings (SSSR count). The van der Waals surface area contributed by atoms with E-state index in [-0.39, 0.29) is 0 Å². The highest BCUT2D eigenvalue weighted by Gasteiger charge is 2.33. The average molecular weight is 264 g/mol. The lowest BCUT2D eigenvalue weighted by atomic mass is 9.78. The summed E-state index contributed by atoms with van der Waals surface area (Å²) in [5.74, 6) is 0.983. The van der Waals surface area contributed by atoms with Gasteiger partial charge in [-0.3, -0.25) is 4.90 Å². The van der Waals surface area contributed by atoms with Crippen LogP contribution in [-0.4, -0.2) is 22.5 Å². The van der Waals surface area contributed by atoms with Gasteiger partial charge in [-0.25, -0.2) is 4.98 Å². The van der Waals surface area contributed by atoms with E-state index in [1.54, 1.807) is 0 Å². The number of fused-ring (bicyclic) bond motifs is 1. The van der Waals surface area contributed by atoms with Gasteiger partial charge in [0.15, 0.2) is 0 Å². The molecule has 2 fully saturated rings. The lowest BCUT2D eigenvalue weighted by molar-refractivity contribution is 0.0538. The van der Waals surface area contributed by atoms with Gasteiger partial charge in [-0.1, -0.05) is 19.8 Å². The van der Waals surface area contributed by atoms with Gasteiger partial charge in [-0.15, -0.1) is 11.3 Å². The number of piperidine rings is 1. The van der Waals surface area contributed by atoms with Crippen LogP contribution in [0.1, 0.15) is 56.2 Å². The summed E-state index contributed by atoms with van der Waals surface area (Å²) in [7, 11) is 0. The highest BCUT2D eigenvalue weighted by Crippen LogP contribution is 2.35. The maximum absolute atomic E-state index is 4.74. The Bertz CT molecular complexity index is 386. The Labute approximate surface area is 114 Å². The molecule has 18 heavy (non-hydrogen) atoms. The Morgan fingerprint density at radius 1 is 1.28 bits per heavy atom. The number of rotatable bonds is 3. The van der Waals surface area contributed by atoms with E-state index in [0.717, 1.165) is 24.9 Å². The van der Waals surface area contributed by atoms with Crippen molar-refractivity contribution in [3.63, 3.8) is 0 Å². The molecule has 0 aromatic carbocycles. The molecule has 2 aliphatic rings. The predicted molar refractivity (Wildman–Crippen MR) is 76.9 cm³/mol. The molecule has 2 heterocycles. The standard InChI is InChI=1S/C15H24N2S/c1-2-15-16-13(11-18-15)10-17-9-5-7-12-6-3-4-8-14(12)17/h11-12,14H,2-10H2,1H3. The molecule has 1 saturated carbocycles. The van der Waals surface area contributed by atoms with E-state index in [4.69, 9.17) is 4.98 Å². The Balaban J connectivity index is 1.66. The van der Waals surface area contributed by atoms with Crippen molar-refractivity contribution in [2.75, 3.05) is 6.54 Å². The third-order valence-corrected chi connectivity index (χ3v) is 5.67. The van der Waals surface area contributed by atoms with Crippen LogP contribution in [0.5, 0.6) is 0 Å². The summed E-state index contributed by atoms with van der Waals surface area (Å²) in [6.45, 7) is 4.58. The van der Waals surface area contributed by atoms with E-state index in [1.807, 2.05) is 11.3 Å². The Morgan fingerprint density at radius 2 is 2.11 bits per heavy atom. The largest absolute Gasteiger partial charge is 0.294 e. The monoisotopic (exact) mass is 264 g/mol. The molecular weight excluding hydrogens is 240 g/mol. The summed E-state index contributed by atoms with van der Waals surface area (Å²) in [6, 6.07) is 0.860. The lowest BCUT2D eigenvalue weighted by Gasteiger charge is -2.44. The number of hydrogen-bond acceptors (Lipinski definition) is 3. The fraction of sp³-hybridized carbons (Fsp3) is 0.800. The quantitative estimate of drug-likeness (QED) is 0.824. The van der Waals surface area contributed by atoms with Crippen molar-refractivity contribution in [3.8, 4) is 0 Å². The fourth-order valence-electron chi connectivity index (χ4n) is 3.72. The molecule has 100 valence electrons. The van der Waals surface area contributed by atoms with Crippen LogP contribution >= 0.6 is 11.3 Å². The van der Waals surface area contributed by atoms with E-state index in [2.05, 4.69) is 17.2 Å². The van der Waals surface area contributed by atoms with Crippen LogP contribution in [0.25, 0.3) is 0 Å². The topological polar surface area (TPSA) is 16.1 Å². The van der Waals surface area contributed by atoms with Crippen LogP contribution in [0.4, 0.5) is 0 Å². The van der Waals surface area contributed by atoms with E-state index in [1.165, 1.54) is 55.8 Å². The van der Waals surface area contributed by atoms with E-state index >= 15 is 0 Å². The molecule has 0 amide bonds. The second-order valence-electron chi connectivity index (χ2n) is 5.81. The van der Waals surface area contributed by atoms with Gasteiger partial charge in [0.1, 0.15) is 0 Å². The maximum atomic E-state index is 4.74. The molecule has 0 radical (unpaired) electrons. The molecule has 1 aromatic heterocycles. The molecular formula is C15H24N2S. The number of thiazole rings is 1. The molecule has 2 atom stereocenters. The van der Waals surface area contributed by atoms with E-state index in [0.29, 0.717) is 0 Å². The molecule has 2 unspecified atom stereocenters. The number of likely N-dealkylation sites (tertiary alicyclic amines) is 1. The Hall–Kier alpha value is -0.410. The molecule has 1 saturated heterocycles. The Kier molecular flexibility index (Phi) is 4.00. The second kappa shape index (κ2) is 5.70. The smallest absolute Gasteiger partial charge is 0.0926 e. The zero-order chi connectivity index (χ0) is 12.4. The molecule has 0 N–H and O–H groups in total. The minimum atomic E-state index is 0.860. The normalized spacial score (nSPS) is 29.2.